The molecule has 0 fully saturated rings. The summed E-state index contributed by atoms with van der Waals surface area (Å²) in [5.41, 5.74) is 1.13. The third-order valence-corrected chi connectivity index (χ3v) is 1.85. The van der Waals surface area contributed by atoms with Gasteiger partial charge in [0.05, 0.1) is 0 Å². The molecule has 0 radical (unpaired) electrons. The molecule has 0 spiro atoms. The van der Waals surface area contributed by atoms with Gasteiger partial charge in [0.1, 0.15) is 5.54 Å². The van der Waals surface area contributed by atoms with Gasteiger partial charge in [0.2, 0.25) is 0 Å². The lowest BCUT2D eigenvalue weighted by Gasteiger charge is -2.14. The molecular weight excluding hydrogens is 152 g/mol. The molecule has 0 aliphatic carbocycles. The zero-order valence-corrected chi connectivity index (χ0v) is 7.53. The maximum absolute atomic E-state index is 10.4. The summed E-state index contributed by atoms with van der Waals surface area (Å²) in [6.07, 6.45) is 1.69. The van der Waals surface area contributed by atoms with Crippen LogP contribution in [0.15, 0.2) is 23.5 Å². The number of rotatable bonds is 2. The highest BCUT2D eigenvalue weighted by atomic mass is 16.3. The fourth-order valence-electron chi connectivity index (χ4n) is 0.882. The Bertz CT molecular complexity index is 277. The maximum atomic E-state index is 10.4. The first-order valence-electron chi connectivity index (χ1n) is 3.84. The highest BCUT2D eigenvalue weighted by Crippen LogP contribution is 2.23. The van der Waals surface area contributed by atoms with Crippen molar-refractivity contribution < 1.29 is 0 Å². The van der Waals surface area contributed by atoms with E-state index in [1.54, 1.807) is 20.0 Å². The average molecular weight is 164 g/mol. The number of hydrogen-bond donors (Lipinski definition) is 0. The molecule has 0 atom stereocenters. The number of aromatic nitrogens is 1. The van der Waals surface area contributed by atoms with E-state index in [9.17, 15) is 4.91 Å². The number of aryl methyl sites for hydroxylation is 1. The van der Waals surface area contributed by atoms with Crippen LogP contribution in [-0.2, 0) is 5.54 Å². The minimum absolute atomic E-state index is 0.666. The first-order valence-corrected chi connectivity index (χ1v) is 3.84. The van der Waals surface area contributed by atoms with E-state index < -0.39 is 5.54 Å². The second-order valence-corrected chi connectivity index (χ2v) is 3.34. The first kappa shape index (κ1) is 8.84. The van der Waals surface area contributed by atoms with Gasteiger partial charge in [-0.15, -0.1) is 4.91 Å². The molecule has 0 saturated carbocycles. The van der Waals surface area contributed by atoms with Crippen LogP contribution in [0.25, 0.3) is 0 Å². The van der Waals surface area contributed by atoms with E-state index in [2.05, 4.69) is 10.2 Å². The van der Waals surface area contributed by atoms with Gasteiger partial charge in [-0.25, -0.2) is 0 Å². The Kier molecular flexibility index (Phi) is 2.22. The van der Waals surface area contributed by atoms with Crippen molar-refractivity contribution in [2.45, 2.75) is 26.3 Å². The smallest absolute Gasteiger partial charge is 0.123 e. The monoisotopic (exact) mass is 164 g/mol. The van der Waals surface area contributed by atoms with Gasteiger partial charge in [-0.2, -0.15) is 0 Å². The molecule has 3 heteroatoms. The van der Waals surface area contributed by atoms with Crippen LogP contribution in [0.5, 0.6) is 0 Å². The number of nitroso groups, excluding NO2 is 1. The standard InChI is InChI=1S/C9H12N2O/c1-7-4-5-8(6-10-7)9(2,3)11-12/h4-6H,1-3H3. The van der Waals surface area contributed by atoms with E-state index in [-0.39, 0.29) is 0 Å². The SMILES string of the molecule is Cc1ccc(C(C)(C)N=O)cn1. The van der Waals surface area contributed by atoms with Crippen LogP contribution in [-0.4, -0.2) is 4.98 Å². The van der Waals surface area contributed by atoms with Crippen LogP contribution in [0.4, 0.5) is 0 Å². The zero-order chi connectivity index (χ0) is 9.19. The Hall–Kier alpha value is -1.25. The van der Waals surface area contributed by atoms with Gasteiger partial charge < -0.3 is 0 Å². The summed E-state index contributed by atoms with van der Waals surface area (Å²) in [6.45, 7) is 5.45. The molecule has 1 rings (SSSR count). The Balaban J connectivity index is 3.04. The fourth-order valence-corrected chi connectivity index (χ4v) is 0.882. The van der Waals surface area contributed by atoms with Crippen LogP contribution in [0.1, 0.15) is 25.1 Å². The van der Waals surface area contributed by atoms with E-state index in [0.717, 1.165) is 11.3 Å². The van der Waals surface area contributed by atoms with E-state index in [0.29, 0.717) is 0 Å². The van der Waals surface area contributed by atoms with Crippen molar-refractivity contribution in [1.82, 2.24) is 4.98 Å². The zero-order valence-electron chi connectivity index (χ0n) is 7.53. The minimum Gasteiger partial charge on any atom is -0.261 e. The van der Waals surface area contributed by atoms with Crippen LogP contribution >= 0.6 is 0 Å². The summed E-state index contributed by atoms with van der Waals surface area (Å²) in [5.74, 6) is 0. The lowest BCUT2D eigenvalue weighted by atomic mass is 9.97. The predicted octanol–water partition coefficient (Wildman–Crippen LogP) is 2.39. The molecule has 1 aromatic heterocycles. The minimum atomic E-state index is -0.666. The van der Waals surface area contributed by atoms with Crippen molar-refractivity contribution in [2.75, 3.05) is 0 Å². The van der Waals surface area contributed by atoms with E-state index in [1.807, 2.05) is 19.1 Å². The van der Waals surface area contributed by atoms with E-state index >= 15 is 0 Å². The van der Waals surface area contributed by atoms with Gasteiger partial charge in [-0.1, -0.05) is 11.2 Å². The summed E-state index contributed by atoms with van der Waals surface area (Å²) in [7, 11) is 0. The normalized spacial score (nSPS) is 11.2. The Morgan fingerprint density at radius 3 is 2.50 bits per heavy atom. The van der Waals surface area contributed by atoms with Gasteiger partial charge in [-0.05, 0) is 26.8 Å². The van der Waals surface area contributed by atoms with Gasteiger partial charge in [0.15, 0.2) is 0 Å². The second kappa shape index (κ2) is 3.01. The summed E-state index contributed by atoms with van der Waals surface area (Å²) in [5, 5.41) is 3.03. The lowest BCUT2D eigenvalue weighted by Crippen LogP contribution is -2.12. The van der Waals surface area contributed by atoms with E-state index in [1.165, 1.54) is 0 Å². The lowest BCUT2D eigenvalue weighted by molar-refractivity contribution is 0.550. The quantitative estimate of drug-likeness (QED) is 0.630. The highest BCUT2D eigenvalue weighted by molar-refractivity contribution is 5.20. The van der Waals surface area contributed by atoms with Crippen molar-refractivity contribution >= 4 is 0 Å². The van der Waals surface area contributed by atoms with Crippen molar-refractivity contribution in [3.63, 3.8) is 0 Å². The molecule has 0 aromatic carbocycles. The fraction of sp³-hybridized carbons (Fsp3) is 0.444. The second-order valence-electron chi connectivity index (χ2n) is 3.34. The van der Waals surface area contributed by atoms with Crippen LogP contribution in [0.2, 0.25) is 0 Å². The summed E-state index contributed by atoms with van der Waals surface area (Å²) >= 11 is 0. The summed E-state index contributed by atoms with van der Waals surface area (Å²) < 4.78 is 0. The molecule has 0 N–H and O–H groups in total. The molecule has 0 unspecified atom stereocenters. The van der Waals surface area contributed by atoms with E-state index in [4.69, 9.17) is 0 Å². The maximum Gasteiger partial charge on any atom is 0.123 e. The predicted molar refractivity (Wildman–Crippen MR) is 47.8 cm³/mol. The molecule has 0 aliphatic rings. The van der Waals surface area contributed by atoms with Crippen LogP contribution < -0.4 is 0 Å². The molecule has 0 bridgehead atoms. The molecular formula is C9H12N2O. The molecule has 3 nitrogen and oxygen atoms in total. The number of hydrogen-bond acceptors (Lipinski definition) is 3. The molecule has 0 aliphatic heterocycles. The number of nitrogens with zero attached hydrogens (tertiary/aromatic N) is 2. The molecule has 1 aromatic rings. The Labute approximate surface area is 71.8 Å². The van der Waals surface area contributed by atoms with Crippen LogP contribution in [0, 0.1) is 11.8 Å². The first-order chi connectivity index (χ1) is 5.56. The number of pyridine rings is 1. The Morgan fingerprint density at radius 2 is 2.08 bits per heavy atom. The Morgan fingerprint density at radius 1 is 1.42 bits per heavy atom. The van der Waals surface area contributed by atoms with Gasteiger partial charge in [-0.3, -0.25) is 4.98 Å². The molecule has 1 heterocycles. The summed E-state index contributed by atoms with van der Waals surface area (Å²) in [6, 6.07) is 3.76. The largest absolute Gasteiger partial charge is 0.261 e. The molecule has 0 amide bonds. The third-order valence-electron chi connectivity index (χ3n) is 1.85. The summed E-state index contributed by atoms with van der Waals surface area (Å²) in [4.78, 5) is 14.5. The van der Waals surface area contributed by atoms with Crippen molar-refractivity contribution in [1.29, 1.82) is 0 Å². The topological polar surface area (TPSA) is 42.3 Å². The van der Waals surface area contributed by atoms with Gasteiger partial charge >= 0.3 is 0 Å². The highest BCUT2D eigenvalue weighted by Gasteiger charge is 2.20. The molecule has 64 valence electrons. The average Bonchev–Trinajstić information content (AvgIpc) is 2.05. The van der Waals surface area contributed by atoms with Crippen molar-refractivity contribution in [3.05, 3.63) is 34.5 Å². The van der Waals surface area contributed by atoms with Gasteiger partial charge in [0, 0.05) is 17.5 Å². The molecule has 0 saturated heterocycles. The molecule has 12 heavy (non-hydrogen) atoms. The van der Waals surface area contributed by atoms with Crippen molar-refractivity contribution in [2.24, 2.45) is 5.18 Å². The van der Waals surface area contributed by atoms with Crippen LogP contribution in [0.3, 0.4) is 0 Å². The van der Waals surface area contributed by atoms with Gasteiger partial charge in [0.25, 0.3) is 0 Å². The van der Waals surface area contributed by atoms with Crippen molar-refractivity contribution in [3.8, 4) is 0 Å². The third kappa shape index (κ3) is 1.67.